The fourth-order valence-corrected chi connectivity index (χ4v) is 7.13. The number of amides is 1. The lowest BCUT2D eigenvalue weighted by molar-refractivity contribution is -0.221. The average molecular weight is 728 g/mol. The number of phenols is 1. The van der Waals surface area contributed by atoms with Crippen LogP contribution in [0.25, 0.3) is 0 Å². The number of nitrogens with zero attached hydrogens (tertiary/aromatic N) is 3. The Morgan fingerprint density at radius 3 is 2.08 bits per heavy atom. The smallest absolute Gasteiger partial charge is 0.491 e. The Kier molecular flexibility index (Phi) is 10.6. The summed E-state index contributed by atoms with van der Waals surface area (Å²) < 4.78 is 69.7. The van der Waals surface area contributed by atoms with E-state index in [1.54, 1.807) is 20.8 Å². The quantitative estimate of drug-likeness (QED) is 0.180. The number of nitrogens with one attached hydrogen (secondary N) is 1. The number of phenolic OH excluding ortho intramolecular Hbond substituents is 1. The van der Waals surface area contributed by atoms with E-state index in [2.05, 4.69) is 27.1 Å². The summed E-state index contributed by atoms with van der Waals surface area (Å²) in [4.78, 5) is 63.2. The zero-order chi connectivity index (χ0) is 38.7. The summed E-state index contributed by atoms with van der Waals surface area (Å²) >= 11 is 0. The summed E-state index contributed by atoms with van der Waals surface area (Å²) in [5.41, 5.74) is 11.1. The lowest BCUT2D eigenvalue weighted by Gasteiger charge is -2.60. The number of benzene rings is 1. The van der Waals surface area contributed by atoms with E-state index in [1.807, 2.05) is 25.8 Å². The molecule has 51 heavy (non-hydrogen) atoms. The number of Topliss-reactive ketones (excluding diaryl/α,β-unsaturated/α-hetero) is 2. The molecule has 1 fully saturated rings. The molecule has 0 aromatic heterocycles. The van der Waals surface area contributed by atoms with Gasteiger partial charge in [-0.05, 0) is 71.2 Å². The maximum Gasteiger partial charge on any atom is 0.491 e. The van der Waals surface area contributed by atoms with Crippen molar-refractivity contribution in [1.29, 1.82) is 5.26 Å². The van der Waals surface area contributed by atoms with E-state index in [1.165, 1.54) is 0 Å². The number of alkyl halides is 6. The van der Waals surface area contributed by atoms with Gasteiger partial charge in [0.1, 0.15) is 11.8 Å². The highest BCUT2D eigenvalue weighted by atomic mass is 19.4. The van der Waals surface area contributed by atoms with Crippen molar-refractivity contribution in [3.05, 3.63) is 50.6 Å². The second-order valence-corrected chi connectivity index (χ2v) is 12.9. The van der Waals surface area contributed by atoms with Crippen LogP contribution in [-0.4, -0.2) is 100 Å². The first-order valence-corrected chi connectivity index (χ1v) is 15.6. The number of fused-ring (bicyclic) bond motifs is 6. The van der Waals surface area contributed by atoms with Gasteiger partial charge in [-0.2, -0.15) is 31.6 Å². The van der Waals surface area contributed by atoms with Crippen LogP contribution in [0.5, 0.6) is 5.75 Å². The number of esters is 2. The molecule has 3 heterocycles. The number of likely N-dealkylation sites (N-methyl/N-ethyl adjacent to an activating group) is 1. The maximum atomic E-state index is 13.7. The SMILES string of the molecule is CC1=C(C)C(=O)C2=C(CC3[C@H]4c5c(cc(C)c(C)c5O)C[C@@H]([C@H](C#N)N3[C@H]2CNC(=O)[C@H](C)N)N4C)C1=O.O=C(OC(=O)C(F)(F)F)C(F)(F)F. The zero-order valence-corrected chi connectivity index (χ0v) is 28.2. The summed E-state index contributed by atoms with van der Waals surface area (Å²) in [5.74, 6) is -6.91. The highest BCUT2D eigenvalue weighted by Crippen LogP contribution is 2.52. The third-order valence-corrected chi connectivity index (χ3v) is 9.92. The van der Waals surface area contributed by atoms with Crippen LogP contribution in [0.4, 0.5) is 26.3 Å². The predicted molar refractivity (Wildman–Crippen MR) is 164 cm³/mol. The number of nitriles is 1. The first-order chi connectivity index (χ1) is 23.4. The number of aromatic hydroxyl groups is 1. The number of carbonyl (C=O) groups excluding carboxylic acids is 5. The summed E-state index contributed by atoms with van der Waals surface area (Å²) in [6.45, 7) is 8.82. The fraction of sp³-hybridized carbons (Fsp3) is 0.515. The predicted octanol–water partition coefficient (Wildman–Crippen LogP) is 2.68. The number of nitrogens with two attached hydrogens (primary N) is 1. The molecule has 5 rings (SSSR count). The largest absolute Gasteiger partial charge is 0.507 e. The molecule has 1 unspecified atom stereocenters. The third kappa shape index (κ3) is 7.02. The van der Waals surface area contributed by atoms with Crippen LogP contribution in [0.2, 0.25) is 0 Å². The van der Waals surface area contributed by atoms with Crippen LogP contribution in [-0.2, 0) is 35.1 Å². The summed E-state index contributed by atoms with van der Waals surface area (Å²) in [5, 5.41) is 24.7. The number of aryl methyl sites for hydroxylation is 1. The van der Waals surface area contributed by atoms with Gasteiger partial charge in [0.15, 0.2) is 11.6 Å². The van der Waals surface area contributed by atoms with Gasteiger partial charge in [-0.25, -0.2) is 9.59 Å². The first-order valence-electron chi connectivity index (χ1n) is 15.6. The lowest BCUT2D eigenvalue weighted by atomic mass is 9.69. The Bertz CT molecular complexity index is 1790. The molecule has 12 nitrogen and oxygen atoms in total. The number of hydrogen-bond donors (Lipinski definition) is 3. The second kappa shape index (κ2) is 13.8. The fourth-order valence-electron chi connectivity index (χ4n) is 7.13. The van der Waals surface area contributed by atoms with Crippen molar-refractivity contribution in [3.8, 4) is 11.8 Å². The van der Waals surface area contributed by atoms with Crippen LogP contribution in [0.15, 0.2) is 28.4 Å². The van der Waals surface area contributed by atoms with Crippen LogP contribution < -0.4 is 11.1 Å². The number of carbonyl (C=O) groups is 5. The highest BCUT2D eigenvalue weighted by molar-refractivity contribution is 6.25. The first kappa shape index (κ1) is 39.2. The lowest BCUT2D eigenvalue weighted by Crippen LogP contribution is -2.71. The number of ketones is 2. The van der Waals surface area contributed by atoms with E-state index >= 15 is 0 Å². The van der Waals surface area contributed by atoms with Gasteiger partial charge in [0, 0.05) is 46.5 Å². The Hall–Kier alpha value is -4.60. The minimum atomic E-state index is -5.62. The molecule has 1 aromatic carbocycles. The number of hydrogen-bond acceptors (Lipinski definition) is 11. The van der Waals surface area contributed by atoms with E-state index in [0.717, 1.165) is 22.3 Å². The van der Waals surface area contributed by atoms with Gasteiger partial charge in [-0.1, -0.05) is 6.07 Å². The summed E-state index contributed by atoms with van der Waals surface area (Å²) in [7, 11) is 1.97. The Morgan fingerprint density at radius 1 is 1.02 bits per heavy atom. The molecule has 6 atom stereocenters. The maximum absolute atomic E-state index is 13.7. The van der Waals surface area contributed by atoms with Gasteiger partial charge in [-0.3, -0.25) is 24.2 Å². The zero-order valence-electron chi connectivity index (χ0n) is 28.2. The Morgan fingerprint density at radius 2 is 1.57 bits per heavy atom. The highest BCUT2D eigenvalue weighted by Gasteiger charge is 2.57. The van der Waals surface area contributed by atoms with Crippen LogP contribution in [0.1, 0.15) is 55.5 Å². The molecule has 18 heteroatoms. The Labute approximate surface area is 287 Å². The molecule has 4 N–H and O–H groups in total. The number of piperazine rings is 1. The topological polar surface area (TPSA) is 183 Å². The van der Waals surface area contributed by atoms with Crippen molar-refractivity contribution >= 4 is 29.4 Å². The molecule has 1 amide bonds. The van der Waals surface area contributed by atoms with Crippen LogP contribution >= 0.6 is 0 Å². The van der Waals surface area contributed by atoms with Gasteiger partial charge in [-0.15, -0.1) is 0 Å². The molecule has 0 spiro atoms. The molecule has 2 bridgehead atoms. The minimum absolute atomic E-state index is 0.0498. The van der Waals surface area contributed by atoms with E-state index in [9.17, 15) is 60.7 Å². The number of rotatable bonds is 3. The Balaban J connectivity index is 0.000000383. The van der Waals surface area contributed by atoms with Crippen molar-refractivity contribution in [2.45, 2.75) is 96.1 Å². The molecule has 3 aliphatic heterocycles. The van der Waals surface area contributed by atoms with Crippen LogP contribution in [0.3, 0.4) is 0 Å². The molecular formula is C33H35F6N5O7. The van der Waals surface area contributed by atoms with E-state index < -0.39 is 42.4 Å². The molecule has 1 aromatic rings. The van der Waals surface area contributed by atoms with E-state index in [0.29, 0.717) is 28.7 Å². The standard InChI is InChI=1S/C29H35N5O4.C4F6O3/c1-12-7-17-8-19-21(10-30)34-20(25(33(19)6)23(17)27(36)13(12)2)9-18-24(22(34)11-32-29(38)16(5)31)28(37)15(4)14(3)26(18)35;5-3(6,7)1(11)13-2(12)4(8,9)10/h7,16,19-22,25,36H,8-9,11,31H2,1-6H3,(H,32,38);/t16-,19-,20?,21-,22-,25-;/m0./s1. The normalized spacial score (nSPS) is 25.5. The molecule has 1 aliphatic carbocycles. The van der Waals surface area contributed by atoms with Gasteiger partial charge in [0.05, 0.1) is 24.2 Å². The van der Waals surface area contributed by atoms with Crippen molar-refractivity contribution in [2.75, 3.05) is 13.6 Å². The molecular weight excluding hydrogens is 692 g/mol. The van der Waals surface area contributed by atoms with Gasteiger partial charge in [0.2, 0.25) is 5.91 Å². The average Bonchev–Trinajstić information content (AvgIpc) is 3.03. The summed E-state index contributed by atoms with van der Waals surface area (Å²) in [6, 6.07) is 1.71. The van der Waals surface area contributed by atoms with Crippen molar-refractivity contribution in [2.24, 2.45) is 5.73 Å². The molecule has 4 aliphatic rings. The minimum Gasteiger partial charge on any atom is -0.507 e. The van der Waals surface area contributed by atoms with E-state index in [4.69, 9.17) is 5.73 Å². The van der Waals surface area contributed by atoms with Gasteiger partial charge >= 0.3 is 24.3 Å². The van der Waals surface area contributed by atoms with Gasteiger partial charge < -0.3 is 20.9 Å². The number of halogens is 6. The molecule has 0 saturated carbocycles. The summed E-state index contributed by atoms with van der Waals surface area (Å²) in [6.07, 6.45) is -10.4. The third-order valence-electron chi connectivity index (χ3n) is 9.92. The van der Waals surface area contributed by atoms with Crippen LogP contribution in [0, 0.1) is 25.2 Å². The number of allylic oxidation sites excluding steroid dienone is 2. The molecule has 0 radical (unpaired) electrons. The molecule has 1 saturated heterocycles. The van der Waals surface area contributed by atoms with Crippen molar-refractivity contribution < 1.29 is 60.2 Å². The molecule has 276 valence electrons. The monoisotopic (exact) mass is 727 g/mol. The second-order valence-electron chi connectivity index (χ2n) is 12.9. The van der Waals surface area contributed by atoms with Crippen molar-refractivity contribution in [1.82, 2.24) is 15.1 Å². The number of ether oxygens (including phenoxy) is 1. The van der Waals surface area contributed by atoms with Gasteiger partial charge in [0.25, 0.3) is 0 Å². The van der Waals surface area contributed by atoms with Crippen molar-refractivity contribution in [3.63, 3.8) is 0 Å². The van der Waals surface area contributed by atoms with E-state index in [-0.39, 0.29) is 54.3 Å².